The second kappa shape index (κ2) is 8.61. The van der Waals surface area contributed by atoms with E-state index >= 15 is 0 Å². The number of rotatable bonds is 6. The van der Waals surface area contributed by atoms with E-state index in [2.05, 4.69) is 5.32 Å². The maximum absolute atomic E-state index is 11.9. The number of nitriles is 1. The number of methoxy groups -OCH3 is 1. The van der Waals surface area contributed by atoms with Gasteiger partial charge in [-0.3, -0.25) is 4.79 Å². The zero-order valence-electron chi connectivity index (χ0n) is 13.0. The standard InChI is InChI=1S/C18H15ClN2O3/c1-23-17-12-13(2-8-16(17)24-11-10-20)3-9-18(22)21-15-6-4-14(19)5-7-15/h2-9,12H,11H2,1H3,(H,21,22)/b9-3+. The molecule has 1 N–H and O–H groups in total. The highest BCUT2D eigenvalue weighted by Crippen LogP contribution is 2.28. The molecule has 0 saturated carbocycles. The fourth-order valence-corrected chi connectivity index (χ4v) is 2.03. The van der Waals surface area contributed by atoms with Crippen LogP contribution in [0.25, 0.3) is 6.08 Å². The highest BCUT2D eigenvalue weighted by molar-refractivity contribution is 6.30. The number of amides is 1. The van der Waals surface area contributed by atoms with Crippen LogP contribution in [0, 0.1) is 11.3 Å². The van der Waals surface area contributed by atoms with E-state index in [0.29, 0.717) is 22.2 Å². The van der Waals surface area contributed by atoms with Gasteiger partial charge in [-0.05, 0) is 48.0 Å². The third-order valence-electron chi connectivity index (χ3n) is 3.02. The van der Waals surface area contributed by atoms with Gasteiger partial charge < -0.3 is 14.8 Å². The Balaban J connectivity index is 2.03. The van der Waals surface area contributed by atoms with Gasteiger partial charge >= 0.3 is 0 Å². The summed E-state index contributed by atoms with van der Waals surface area (Å²) in [6.07, 6.45) is 3.07. The van der Waals surface area contributed by atoms with Crippen molar-refractivity contribution in [3.63, 3.8) is 0 Å². The Labute approximate surface area is 145 Å². The molecule has 0 fully saturated rings. The molecule has 0 aliphatic rings. The number of anilines is 1. The molecule has 0 bridgehead atoms. The lowest BCUT2D eigenvalue weighted by Gasteiger charge is -2.08. The largest absolute Gasteiger partial charge is 0.493 e. The maximum Gasteiger partial charge on any atom is 0.248 e. The van der Waals surface area contributed by atoms with Gasteiger partial charge in [-0.1, -0.05) is 17.7 Å². The van der Waals surface area contributed by atoms with E-state index in [4.69, 9.17) is 26.3 Å². The van der Waals surface area contributed by atoms with E-state index in [1.807, 2.05) is 6.07 Å². The lowest BCUT2D eigenvalue weighted by Crippen LogP contribution is -2.07. The number of benzene rings is 2. The SMILES string of the molecule is COc1cc(/C=C/C(=O)Nc2ccc(Cl)cc2)ccc1OCC#N. The minimum Gasteiger partial charge on any atom is -0.493 e. The van der Waals surface area contributed by atoms with Crippen LogP contribution in [0.15, 0.2) is 48.5 Å². The first-order valence-corrected chi connectivity index (χ1v) is 7.42. The molecular formula is C18H15ClN2O3. The summed E-state index contributed by atoms with van der Waals surface area (Å²) in [6.45, 7) is -0.0605. The van der Waals surface area contributed by atoms with Gasteiger partial charge in [-0.25, -0.2) is 0 Å². The van der Waals surface area contributed by atoms with Crippen molar-refractivity contribution in [2.24, 2.45) is 0 Å². The van der Waals surface area contributed by atoms with Crippen LogP contribution in [0.1, 0.15) is 5.56 Å². The second-order valence-corrected chi connectivity index (χ2v) is 5.12. The van der Waals surface area contributed by atoms with Crippen LogP contribution >= 0.6 is 11.6 Å². The predicted octanol–water partition coefficient (Wildman–Crippen LogP) is 3.90. The molecule has 0 aromatic heterocycles. The molecule has 0 unspecified atom stereocenters. The number of halogens is 1. The van der Waals surface area contributed by atoms with Gasteiger partial charge in [0.05, 0.1) is 7.11 Å². The quantitative estimate of drug-likeness (QED) is 0.808. The Morgan fingerprint density at radius 1 is 1.25 bits per heavy atom. The molecule has 2 aromatic carbocycles. The molecule has 0 aliphatic carbocycles. The number of nitrogens with one attached hydrogen (secondary N) is 1. The van der Waals surface area contributed by atoms with Crippen molar-refractivity contribution in [3.05, 3.63) is 59.1 Å². The van der Waals surface area contributed by atoms with E-state index in [-0.39, 0.29) is 12.5 Å². The average molecular weight is 343 g/mol. The van der Waals surface area contributed by atoms with Gasteiger partial charge in [-0.15, -0.1) is 0 Å². The van der Waals surface area contributed by atoms with Crippen LogP contribution in [0.3, 0.4) is 0 Å². The molecule has 0 aliphatic heterocycles. The fraction of sp³-hybridized carbons (Fsp3) is 0.111. The molecule has 0 heterocycles. The molecule has 0 saturated heterocycles. The number of carbonyl (C=O) groups is 1. The predicted molar refractivity (Wildman–Crippen MR) is 93.2 cm³/mol. The minimum absolute atomic E-state index is 0.0605. The topological polar surface area (TPSA) is 71.3 Å². The van der Waals surface area contributed by atoms with Gasteiger partial charge in [0, 0.05) is 16.8 Å². The first kappa shape index (κ1) is 17.4. The van der Waals surface area contributed by atoms with Crippen LogP contribution in [0.2, 0.25) is 5.02 Å². The van der Waals surface area contributed by atoms with Crippen molar-refractivity contribution >= 4 is 29.3 Å². The van der Waals surface area contributed by atoms with Crippen LogP contribution in [0.5, 0.6) is 11.5 Å². The van der Waals surface area contributed by atoms with Gasteiger partial charge in [0.1, 0.15) is 6.07 Å². The molecular weight excluding hydrogens is 328 g/mol. The van der Waals surface area contributed by atoms with E-state index in [1.165, 1.54) is 13.2 Å². The maximum atomic E-state index is 11.9. The van der Waals surface area contributed by atoms with Crippen molar-refractivity contribution in [1.82, 2.24) is 0 Å². The molecule has 5 nitrogen and oxygen atoms in total. The zero-order valence-corrected chi connectivity index (χ0v) is 13.7. The molecule has 0 atom stereocenters. The van der Waals surface area contributed by atoms with Crippen molar-refractivity contribution in [1.29, 1.82) is 5.26 Å². The summed E-state index contributed by atoms with van der Waals surface area (Å²) in [6, 6.07) is 13.9. The van der Waals surface area contributed by atoms with E-state index in [0.717, 1.165) is 5.56 Å². The number of ether oxygens (including phenoxy) is 2. The number of hydrogen-bond donors (Lipinski definition) is 1. The summed E-state index contributed by atoms with van der Waals surface area (Å²) in [5, 5.41) is 11.9. The van der Waals surface area contributed by atoms with Crippen LogP contribution < -0.4 is 14.8 Å². The molecule has 24 heavy (non-hydrogen) atoms. The summed E-state index contributed by atoms with van der Waals surface area (Å²) < 4.78 is 10.5. The molecule has 122 valence electrons. The van der Waals surface area contributed by atoms with Crippen molar-refractivity contribution in [3.8, 4) is 17.6 Å². The number of hydrogen-bond acceptors (Lipinski definition) is 4. The lowest BCUT2D eigenvalue weighted by atomic mass is 10.2. The summed E-state index contributed by atoms with van der Waals surface area (Å²) in [4.78, 5) is 11.9. The molecule has 6 heteroatoms. The molecule has 0 radical (unpaired) electrons. The number of nitrogens with zero attached hydrogens (tertiary/aromatic N) is 1. The fourth-order valence-electron chi connectivity index (χ4n) is 1.91. The van der Waals surface area contributed by atoms with Crippen LogP contribution in [0.4, 0.5) is 5.69 Å². The second-order valence-electron chi connectivity index (χ2n) is 4.69. The Morgan fingerprint density at radius 3 is 2.67 bits per heavy atom. The Morgan fingerprint density at radius 2 is 2.00 bits per heavy atom. The highest BCUT2D eigenvalue weighted by atomic mass is 35.5. The summed E-state index contributed by atoms with van der Waals surface area (Å²) in [5.41, 5.74) is 1.43. The van der Waals surface area contributed by atoms with E-state index in [1.54, 1.807) is 48.5 Å². The van der Waals surface area contributed by atoms with Gasteiger partial charge in [-0.2, -0.15) is 5.26 Å². The molecule has 2 rings (SSSR count). The Kier molecular flexibility index (Phi) is 6.23. The summed E-state index contributed by atoms with van der Waals surface area (Å²) >= 11 is 5.80. The van der Waals surface area contributed by atoms with E-state index in [9.17, 15) is 4.79 Å². The van der Waals surface area contributed by atoms with Gasteiger partial charge in [0.2, 0.25) is 5.91 Å². The third kappa shape index (κ3) is 5.04. The van der Waals surface area contributed by atoms with Gasteiger partial charge in [0.15, 0.2) is 18.1 Å². The third-order valence-corrected chi connectivity index (χ3v) is 3.27. The summed E-state index contributed by atoms with van der Waals surface area (Å²) in [5.74, 6) is 0.702. The number of carbonyl (C=O) groups excluding carboxylic acids is 1. The smallest absolute Gasteiger partial charge is 0.248 e. The van der Waals surface area contributed by atoms with Crippen molar-refractivity contribution in [2.75, 3.05) is 19.0 Å². The molecule has 2 aromatic rings. The normalized spacial score (nSPS) is 10.2. The zero-order chi connectivity index (χ0) is 17.4. The van der Waals surface area contributed by atoms with E-state index < -0.39 is 0 Å². The van der Waals surface area contributed by atoms with Crippen LogP contribution in [-0.2, 0) is 4.79 Å². The minimum atomic E-state index is -0.263. The van der Waals surface area contributed by atoms with Crippen LogP contribution in [-0.4, -0.2) is 19.6 Å². The van der Waals surface area contributed by atoms with Gasteiger partial charge in [0.25, 0.3) is 0 Å². The van der Waals surface area contributed by atoms with Crippen molar-refractivity contribution in [2.45, 2.75) is 0 Å². The monoisotopic (exact) mass is 342 g/mol. The first-order valence-electron chi connectivity index (χ1n) is 7.05. The first-order chi connectivity index (χ1) is 11.6. The highest BCUT2D eigenvalue weighted by Gasteiger charge is 2.05. The Hall–Kier alpha value is -2.97. The Bertz CT molecular complexity index is 780. The van der Waals surface area contributed by atoms with Crippen molar-refractivity contribution < 1.29 is 14.3 Å². The lowest BCUT2D eigenvalue weighted by molar-refractivity contribution is -0.111. The average Bonchev–Trinajstić information content (AvgIpc) is 2.60. The summed E-state index contributed by atoms with van der Waals surface area (Å²) in [7, 11) is 1.51. The molecule has 1 amide bonds. The molecule has 0 spiro atoms.